The number of hydrogen-bond acceptors (Lipinski definition) is 8. The van der Waals surface area contributed by atoms with Crippen molar-refractivity contribution in [3.8, 4) is 11.4 Å². The Morgan fingerprint density at radius 2 is 1.89 bits per heavy atom. The summed E-state index contributed by atoms with van der Waals surface area (Å²) in [6, 6.07) is 6.06. The number of carbonyl (C=O) groups is 1. The highest BCUT2D eigenvalue weighted by Crippen LogP contribution is 2.42. The number of aliphatic hydroxyl groups is 1. The van der Waals surface area contributed by atoms with Crippen LogP contribution in [0.2, 0.25) is 0 Å². The number of piperidine rings is 1. The lowest BCUT2D eigenvalue weighted by Crippen LogP contribution is -2.61. The molecule has 3 aromatic heterocycles. The largest absolute Gasteiger partial charge is 0.389 e. The standard InChI is InChI=1S/C28H38N8O2/c1-19(2)21-6-9-29-23(12-21)31-24-13-25(35-17-28(18-35)7-10-34(11-8-28)20(3)37)33-26(32-24)22-14-30-36(15-22)16-27(4,5)38/h6,9,12-15,19,38H,7-8,10-11,16-18H2,1-5H3,(H,29,31,32,33). The average Bonchev–Trinajstić information content (AvgIpc) is 3.29. The van der Waals surface area contributed by atoms with Gasteiger partial charge in [-0.15, -0.1) is 0 Å². The molecule has 2 N–H and O–H groups in total. The van der Waals surface area contributed by atoms with E-state index in [1.165, 1.54) is 5.56 Å². The average molecular weight is 519 g/mol. The zero-order valence-electron chi connectivity index (χ0n) is 23.0. The number of nitrogens with one attached hydrogen (secondary N) is 1. The molecule has 5 heterocycles. The minimum Gasteiger partial charge on any atom is -0.389 e. The molecule has 2 aliphatic heterocycles. The lowest BCUT2D eigenvalue weighted by molar-refractivity contribution is -0.131. The third-order valence-electron chi connectivity index (χ3n) is 7.51. The van der Waals surface area contributed by atoms with Gasteiger partial charge in [0.1, 0.15) is 17.5 Å². The van der Waals surface area contributed by atoms with Crippen LogP contribution in [0.25, 0.3) is 11.4 Å². The molecule has 38 heavy (non-hydrogen) atoms. The molecule has 2 aliphatic rings. The summed E-state index contributed by atoms with van der Waals surface area (Å²) >= 11 is 0. The zero-order chi connectivity index (χ0) is 27.1. The molecule has 1 spiro atoms. The smallest absolute Gasteiger partial charge is 0.219 e. The number of nitrogens with zero attached hydrogens (tertiary/aromatic N) is 7. The Labute approximate surface area is 224 Å². The van der Waals surface area contributed by atoms with Crippen molar-refractivity contribution in [3.63, 3.8) is 0 Å². The second-order valence-corrected chi connectivity index (χ2v) is 11.8. The Morgan fingerprint density at radius 3 is 2.55 bits per heavy atom. The highest BCUT2D eigenvalue weighted by atomic mass is 16.3. The molecule has 3 aromatic rings. The van der Waals surface area contributed by atoms with Crippen molar-refractivity contribution in [1.29, 1.82) is 0 Å². The van der Waals surface area contributed by atoms with Gasteiger partial charge in [-0.3, -0.25) is 9.48 Å². The van der Waals surface area contributed by atoms with Crippen LogP contribution in [0.5, 0.6) is 0 Å². The van der Waals surface area contributed by atoms with Crippen molar-refractivity contribution in [2.45, 2.75) is 65.5 Å². The Bertz CT molecular complexity index is 1300. The summed E-state index contributed by atoms with van der Waals surface area (Å²) in [5.41, 5.74) is 1.34. The van der Waals surface area contributed by atoms with Crippen LogP contribution < -0.4 is 10.2 Å². The van der Waals surface area contributed by atoms with Gasteiger partial charge in [-0.1, -0.05) is 13.8 Å². The molecule has 0 unspecified atom stereocenters. The van der Waals surface area contributed by atoms with Crippen molar-refractivity contribution in [3.05, 3.63) is 42.4 Å². The molecule has 0 bridgehead atoms. The number of pyridine rings is 1. The Morgan fingerprint density at radius 1 is 1.16 bits per heavy atom. The highest BCUT2D eigenvalue weighted by Gasteiger charge is 2.45. The molecule has 10 nitrogen and oxygen atoms in total. The number of carbonyl (C=O) groups excluding carboxylic acids is 1. The highest BCUT2D eigenvalue weighted by molar-refractivity contribution is 5.73. The second-order valence-electron chi connectivity index (χ2n) is 11.8. The van der Waals surface area contributed by atoms with Crippen LogP contribution >= 0.6 is 0 Å². The van der Waals surface area contributed by atoms with Crippen LogP contribution in [0.4, 0.5) is 17.5 Å². The molecule has 5 rings (SSSR count). The maximum Gasteiger partial charge on any atom is 0.219 e. The Hall–Kier alpha value is -3.53. The molecule has 2 saturated heterocycles. The van der Waals surface area contributed by atoms with Crippen LogP contribution in [0.1, 0.15) is 58.9 Å². The summed E-state index contributed by atoms with van der Waals surface area (Å²) in [5, 5.41) is 18.0. The molecule has 0 radical (unpaired) electrons. The lowest BCUT2D eigenvalue weighted by atomic mass is 9.72. The van der Waals surface area contributed by atoms with E-state index < -0.39 is 5.60 Å². The third-order valence-corrected chi connectivity index (χ3v) is 7.51. The molecule has 0 aromatic carbocycles. The maximum absolute atomic E-state index is 11.8. The number of likely N-dealkylation sites (tertiary alicyclic amines) is 1. The number of amides is 1. The van der Waals surface area contributed by atoms with Crippen molar-refractivity contribution < 1.29 is 9.90 Å². The normalized spacial score (nSPS) is 17.1. The van der Waals surface area contributed by atoms with Crippen molar-refractivity contribution in [2.75, 3.05) is 36.4 Å². The number of rotatable bonds is 7. The molecular formula is C28H38N8O2. The SMILES string of the molecule is CC(=O)N1CCC2(CC1)CN(c1cc(Nc3cc(C(C)C)ccn3)nc(-c3cnn(CC(C)(C)O)c3)n1)C2. The molecule has 0 saturated carbocycles. The van der Waals surface area contributed by atoms with Gasteiger partial charge in [-0.05, 0) is 50.3 Å². The fourth-order valence-corrected chi connectivity index (χ4v) is 5.29. The zero-order valence-corrected chi connectivity index (χ0v) is 23.0. The van der Waals surface area contributed by atoms with E-state index in [0.717, 1.165) is 56.2 Å². The van der Waals surface area contributed by atoms with Gasteiger partial charge < -0.3 is 20.2 Å². The molecule has 2 fully saturated rings. The van der Waals surface area contributed by atoms with Crippen molar-refractivity contribution in [1.82, 2.24) is 29.6 Å². The van der Waals surface area contributed by atoms with E-state index in [2.05, 4.69) is 40.2 Å². The van der Waals surface area contributed by atoms with Crippen LogP contribution in [-0.2, 0) is 11.3 Å². The summed E-state index contributed by atoms with van der Waals surface area (Å²) in [5.74, 6) is 3.38. The van der Waals surface area contributed by atoms with Crippen LogP contribution in [0, 0.1) is 5.41 Å². The first kappa shape index (κ1) is 26.1. The minimum atomic E-state index is -0.879. The summed E-state index contributed by atoms with van der Waals surface area (Å²) in [4.78, 5) is 30.2. The van der Waals surface area contributed by atoms with Crippen molar-refractivity contribution in [2.24, 2.45) is 5.41 Å². The molecule has 0 atom stereocenters. The number of anilines is 3. The molecule has 0 aliphatic carbocycles. The summed E-state index contributed by atoms with van der Waals surface area (Å²) < 4.78 is 1.72. The van der Waals surface area contributed by atoms with E-state index in [1.807, 2.05) is 29.4 Å². The quantitative estimate of drug-likeness (QED) is 0.486. The Kier molecular flexibility index (Phi) is 6.85. The molecule has 1 amide bonds. The lowest BCUT2D eigenvalue weighted by Gasteiger charge is -2.54. The number of hydrogen-bond donors (Lipinski definition) is 2. The molecule has 202 valence electrons. The van der Waals surface area contributed by atoms with Gasteiger partial charge >= 0.3 is 0 Å². The monoisotopic (exact) mass is 518 g/mol. The van der Waals surface area contributed by atoms with Gasteiger partial charge in [-0.2, -0.15) is 5.10 Å². The predicted molar refractivity (Wildman–Crippen MR) is 147 cm³/mol. The van der Waals surface area contributed by atoms with Gasteiger partial charge in [0.15, 0.2) is 5.82 Å². The van der Waals surface area contributed by atoms with Gasteiger partial charge in [0.25, 0.3) is 0 Å². The van der Waals surface area contributed by atoms with Crippen LogP contribution in [0.3, 0.4) is 0 Å². The number of aromatic nitrogens is 5. The minimum absolute atomic E-state index is 0.160. The van der Waals surface area contributed by atoms with E-state index in [4.69, 9.17) is 9.97 Å². The van der Waals surface area contributed by atoms with Crippen LogP contribution in [-0.4, -0.2) is 72.4 Å². The van der Waals surface area contributed by atoms with E-state index in [9.17, 15) is 9.90 Å². The van der Waals surface area contributed by atoms with E-state index >= 15 is 0 Å². The predicted octanol–water partition coefficient (Wildman–Crippen LogP) is 3.82. The Balaban J connectivity index is 1.41. The first-order chi connectivity index (χ1) is 18.0. The third kappa shape index (κ3) is 5.80. The van der Waals surface area contributed by atoms with Gasteiger partial charge in [0.2, 0.25) is 5.91 Å². The molecular weight excluding hydrogens is 480 g/mol. The summed E-state index contributed by atoms with van der Waals surface area (Å²) in [6.07, 6.45) is 7.45. The summed E-state index contributed by atoms with van der Waals surface area (Å²) in [6.45, 7) is 13.3. The van der Waals surface area contributed by atoms with E-state index in [1.54, 1.807) is 31.6 Å². The fourth-order valence-electron chi connectivity index (χ4n) is 5.29. The van der Waals surface area contributed by atoms with Gasteiger partial charge in [0, 0.05) is 57.0 Å². The van der Waals surface area contributed by atoms with Gasteiger partial charge in [-0.25, -0.2) is 15.0 Å². The molecule has 10 heteroatoms. The maximum atomic E-state index is 11.8. The van der Waals surface area contributed by atoms with Crippen LogP contribution in [0.15, 0.2) is 36.8 Å². The van der Waals surface area contributed by atoms with E-state index in [0.29, 0.717) is 24.1 Å². The first-order valence-electron chi connectivity index (χ1n) is 13.4. The summed E-state index contributed by atoms with van der Waals surface area (Å²) in [7, 11) is 0. The topological polar surface area (TPSA) is 112 Å². The van der Waals surface area contributed by atoms with E-state index in [-0.39, 0.29) is 11.3 Å². The first-order valence-corrected chi connectivity index (χ1v) is 13.4. The van der Waals surface area contributed by atoms with Crippen molar-refractivity contribution >= 4 is 23.4 Å². The fraction of sp³-hybridized carbons (Fsp3) is 0.536. The second kappa shape index (κ2) is 9.98. The van der Waals surface area contributed by atoms with Gasteiger partial charge in [0.05, 0.1) is 23.9 Å².